The zero-order valence-corrected chi connectivity index (χ0v) is 9.40. The minimum absolute atomic E-state index is 0.243. The van der Waals surface area contributed by atoms with Gasteiger partial charge in [0.2, 0.25) is 0 Å². The summed E-state index contributed by atoms with van der Waals surface area (Å²) in [5, 5.41) is 15.7. The summed E-state index contributed by atoms with van der Waals surface area (Å²) in [6, 6.07) is 0. The molecule has 8 heteroatoms. The molecule has 0 bridgehead atoms. The Bertz CT molecular complexity index is 235. The highest BCUT2D eigenvalue weighted by Crippen LogP contribution is 2.04. The van der Waals surface area contributed by atoms with Crippen LogP contribution in [0.3, 0.4) is 0 Å². The standard InChI is InChI=1S/2C3H2Cl2O2/c2*4-2(5)1-3(6)7/h2*1H,(H,6,7). The van der Waals surface area contributed by atoms with Crippen LogP contribution in [0.5, 0.6) is 0 Å². The summed E-state index contributed by atoms with van der Waals surface area (Å²) in [6.45, 7) is 0. The topological polar surface area (TPSA) is 74.6 Å². The van der Waals surface area contributed by atoms with E-state index in [-0.39, 0.29) is 8.98 Å². The molecular weight excluding hydrogens is 278 g/mol. The molecule has 2 N–H and O–H groups in total. The molecule has 0 aliphatic carbocycles. The summed E-state index contributed by atoms with van der Waals surface area (Å²) in [5.41, 5.74) is 0. The second-order valence-corrected chi connectivity index (χ2v) is 3.56. The molecule has 0 radical (unpaired) electrons. The summed E-state index contributed by atoms with van der Waals surface area (Å²) in [6.07, 6.45) is 1.40. The molecule has 4 nitrogen and oxygen atoms in total. The molecular formula is C6H4Cl4O4. The maximum atomic E-state index is 9.56. The Kier molecular flexibility index (Phi) is 10.5. The van der Waals surface area contributed by atoms with Gasteiger partial charge in [-0.1, -0.05) is 46.4 Å². The summed E-state index contributed by atoms with van der Waals surface area (Å²) >= 11 is 19.7. The number of aliphatic carboxylic acids is 2. The lowest BCUT2D eigenvalue weighted by Gasteiger charge is -1.75. The molecule has 0 aliphatic heterocycles. The zero-order chi connectivity index (χ0) is 11.7. The predicted octanol–water partition coefficient (Wildman–Crippen LogP) is 2.78. The SMILES string of the molecule is O=C(O)C=C(Cl)Cl.O=C(O)C=C(Cl)Cl. The van der Waals surface area contributed by atoms with Gasteiger partial charge >= 0.3 is 11.9 Å². The predicted molar refractivity (Wildman–Crippen MR) is 54.8 cm³/mol. The van der Waals surface area contributed by atoms with Crippen LogP contribution in [0, 0.1) is 0 Å². The lowest BCUT2D eigenvalue weighted by Crippen LogP contribution is -1.84. The highest BCUT2D eigenvalue weighted by molar-refractivity contribution is 6.57. The molecule has 0 amide bonds. The van der Waals surface area contributed by atoms with Crippen molar-refractivity contribution in [3.05, 3.63) is 21.1 Å². The first kappa shape index (κ1) is 16.0. The van der Waals surface area contributed by atoms with Crippen LogP contribution in [0.4, 0.5) is 0 Å². The Morgan fingerprint density at radius 2 is 1.00 bits per heavy atom. The number of hydrogen-bond acceptors (Lipinski definition) is 2. The summed E-state index contributed by atoms with van der Waals surface area (Å²) in [4.78, 5) is 19.1. The molecule has 0 saturated heterocycles. The van der Waals surface area contributed by atoms with E-state index in [9.17, 15) is 9.59 Å². The van der Waals surface area contributed by atoms with E-state index in [1.807, 2.05) is 0 Å². The lowest BCUT2D eigenvalue weighted by atomic mass is 10.7. The van der Waals surface area contributed by atoms with E-state index in [2.05, 4.69) is 0 Å². The summed E-state index contributed by atoms with van der Waals surface area (Å²) in [7, 11) is 0. The molecule has 0 aromatic carbocycles. The van der Waals surface area contributed by atoms with Gasteiger partial charge in [-0.2, -0.15) is 0 Å². The van der Waals surface area contributed by atoms with Gasteiger partial charge in [-0.3, -0.25) is 0 Å². The van der Waals surface area contributed by atoms with Crippen molar-refractivity contribution in [1.29, 1.82) is 0 Å². The molecule has 0 saturated carbocycles. The van der Waals surface area contributed by atoms with Crippen LogP contribution in [0.2, 0.25) is 0 Å². The van der Waals surface area contributed by atoms with Gasteiger partial charge in [0.1, 0.15) is 8.98 Å². The Morgan fingerprint density at radius 1 is 0.786 bits per heavy atom. The monoisotopic (exact) mass is 280 g/mol. The number of carboxylic acid groups (broad SMARTS) is 2. The van der Waals surface area contributed by atoms with Crippen molar-refractivity contribution in [2.24, 2.45) is 0 Å². The Labute approximate surface area is 99.3 Å². The largest absolute Gasteiger partial charge is 0.478 e. The van der Waals surface area contributed by atoms with Gasteiger partial charge in [0, 0.05) is 0 Å². The molecule has 80 valence electrons. The van der Waals surface area contributed by atoms with Gasteiger partial charge in [-0.15, -0.1) is 0 Å². The van der Waals surface area contributed by atoms with Crippen molar-refractivity contribution in [2.45, 2.75) is 0 Å². The number of rotatable bonds is 2. The average Bonchev–Trinajstić information content (AvgIpc) is 1.79. The third-order valence-electron chi connectivity index (χ3n) is 0.465. The third-order valence-corrected chi connectivity index (χ3v) is 0.902. The van der Waals surface area contributed by atoms with Crippen molar-refractivity contribution in [1.82, 2.24) is 0 Å². The second kappa shape index (κ2) is 9.15. The Morgan fingerprint density at radius 3 is 1.00 bits per heavy atom. The average molecular weight is 282 g/mol. The fraction of sp³-hybridized carbons (Fsp3) is 0. The first-order chi connectivity index (χ1) is 6.25. The smallest absolute Gasteiger partial charge is 0.330 e. The van der Waals surface area contributed by atoms with Gasteiger partial charge < -0.3 is 10.2 Å². The highest BCUT2D eigenvalue weighted by atomic mass is 35.5. The fourth-order valence-corrected chi connectivity index (χ4v) is 0.560. The van der Waals surface area contributed by atoms with Gasteiger partial charge in [0.05, 0.1) is 12.2 Å². The van der Waals surface area contributed by atoms with Crippen LogP contribution >= 0.6 is 46.4 Å². The molecule has 0 aliphatic rings. The van der Waals surface area contributed by atoms with E-state index >= 15 is 0 Å². The number of carbonyl (C=O) groups is 2. The summed E-state index contributed by atoms with van der Waals surface area (Å²) in [5.74, 6) is -2.28. The van der Waals surface area contributed by atoms with E-state index in [0.717, 1.165) is 0 Å². The molecule has 0 aromatic rings. The molecule has 0 unspecified atom stereocenters. The fourth-order valence-electron chi connectivity index (χ4n) is 0.187. The Balaban J connectivity index is 0. The van der Waals surface area contributed by atoms with Crippen LogP contribution in [0.15, 0.2) is 21.1 Å². The minimum atomic E-state index is -1.14. The molecule has 0 spiro atoms. The molecule has 0 rings (SSSR count). The van der Waals surface area contributed by atoms with E-state index in [0.29, 0.717) is 12.2 Å². The highest BCUT2D eigenvalue weighted by Gasteiger charge is 1.88. The van der Waals surface area contributed by atoms with Crippen molar-refractivity contribution >= 4 is 58.3 Å². The molecule has 0 fully saturated rings. The van der Waals surface area contributed by atoms with Gasteiger partial charge in [-0.05, 0) is 0 Å². The Hall–Kier alpha value is -0.420. The molecule has 0 atom stereocenters. The maximum Gasteiger partial charge on any atom is 0.330 e. The van der Waals surface area contributed by atoms with E-state index in [1.165, 1.54) is 0 Å². The molecule has 0 heterocycles. The van der Waals surface area contributed by atoms with Gasteiger partial charge in [-0.25, -0.2) is 9.59 Å². The maximum absolute atomic E-state index is 9.56. The van der Waals surface area contributed by atoms with Crippen molar-refractivity contribution in [2.75, 3.05) is 0 Å². The van der Waals surface area contributed by atoms with Crippen LogP contribution in [-0.4, -0.2) is 22.2 Å². The lowest BCUT2D eigenvalue weighted by molar-refractivity contribution is -0.132. The van der Waals surface area contributed by atoms with Gasteiger partial charge in [0.15, 0.2) is 0 Å². The van der Waals surface area contributed by atoms with Crippen molar-refractivity contribution < 1.29 is 19.8 Å². The quantitative estimate of drug-likeness (QED) is 0.763. The van der Waals surface area contributed by atoms with Crippen LogP contribution in [-0.2, 0) is 9.59 Å². The zero-order valence-electron chi connectivity index (χ0n) is 6.38. The summed E-state index contributed by atoms with van der Waals surface area (Å²) < 4.78 is -0.486. The number of halogens is 4. The third kappa shape index (κ3) is 22.6. The van der Waals surface area contributed by atoms with E-state index < -0.39 is 11.9 Å². The first-order valence-corrected chi connectivity index (χ1v) is 4.28. The van der Waals surface area contributed by atoms with Crippen molar-refractivity contribution in [3.63, 3.8) is 0 Å². The second-order valence-electron chi connectivity index (χ2n) is 1.54. The number of carboxylic acids is 2. The normalized spacial score (nSPS) is 7.71. The minimum Gasteiger partial charge on any atom is -0.478 e. The molecule has 0 aromatic heterocycles. The molecule has 14 heavy (non-hydrogen) atoms. The van der Waals surface area contributed by atoms with Crippen LogP contribution in [0.1, 0.15) is 0 Å². The van der Waals surface area contributed by atoms with Gasteiger partial charge in [0.25, 0.3) is 0 Å². The van der Waals surface area contributed by atoms with Crippen LogP contribution in [0.25, 0.3) is 0 Å². The van der Waals surface area contributed by atoms with E-state index in [4.69, 9.17) is 56.6 Å². The van der Waals surface area contributed by atoms with Crippen LogP contribution < -0.4 is 0 Å². The number of hydrogen-bond donors (Lipinski definition) is 2. The van der Waals surface area contributed by atoms with Crippen molar-refractivity contribution in [3.8, 4) is 0 Å². The first-order valence-electron chi connectivity index (χ1n) is 2.77. The van der Waals surface area contributed by atoms with E-state index in [1.54, 1.807) is 0 Å².